The summed E-state index contributed by atoms with van der Waals surface area (Å²) >= 11 is 0. The Bertz CT molecular complexity index is 734. The number of carbonyl (C=O) groups excluding carboxylic acids is 3. The molecule has 0 spiro atoms. The molecule has 0 bridgehead atoms. The standard InChI is InChI=1S/C23H34N4O3/c1-18-7-2-4-14-26(18)15-5-3-13-24-21(28)17-25-23(30)19-9-11-20(12-10-19)27-16-6-8-22(27)29/h9-12,18H,2-8,13-17H2,1H3,(H,24,28)(H,25,30). The lowest BCUT2D eigenvalue weighted by atomic mass is 10.0. The molecule has 1 atom stereocenters. The molecule has 1 aromatic carbocycles. The van der Waals surface area contributed by atoms with E-state index in [-0.39, 0.29) is 24.3 Å². The Kier molecular flexibility index (Phi) is 8.25. The maximum atomic E-state index is 12.3. The first-order valence-corrected chi connectivity index (χ1v) is 11.2. The lowest BCUT2D eigenvalue weighted by Gasteiger charge is -2.33. The number of benzene rings is 1. The van der Waals surface area contributed by atoms with Gasteiger partial charge >= 0.3 is 0 Å². The minimum Gasteiger partial charge on any atom is -0.355 e. The van der Waals surface area contributed by atoms with Crippen molar-refractivity contribution in [3.8, 4) is 0 Å². The van der Waals surface area contributed by atoms with Crippen LogP contribution in [0.25, 0.3) is 0 Å². The Morgan fingerprint density at radius 2 is 1.83 bits per heavy atom. The van der Waals surface area contributed by atoms with Gasteiger partial charge in [-0.3, -0.25) is 14.4 Å². The predicted molar refractivity (Wildman–Crippen MR) is 117 cm³/mol. The fourth-order valence-electron chi connectivity index (χ4n) is 4.20. The number of amides is 3. The number of unbranched alkanes of at least 4 members (excludes halogenated alkanes) is 1. The molecule has 164 valence electrons. The smallest absolute Gasteiger partial charge is 0.251 e. The van der Waals surface area contributed by atoms with Crippen LogP contribution in [0.4, 0.5) is 5.69 Å². The van der Waals surface area contributed by atoms with Crippen molar-refractivity contribution in [2.24, 2.45) is 0 Å². The van der Waals surface area contributed by atoms with Gasteiger partial charge in [-0.1, -0.05) is 6.42 Å². The van der Waals surface area contributed by atoms with E-state index in [1.807, 2.05) is 0 Å². The summed E-state index contributed by atoms with van der Waals surface area (Å²) in [6.45, 7) is 5.90. The average Bonchev–Trinajstić information content (AvgIpc) is 3.19. The van der Waals surface area contributed by atoms with Gasteiger partial charge in [0.05, 0.1) is 6.54 Å². The fourth-order valence-corrected chi connectivity index (χ4v) is 4.20. The van der Waals surface area contributed by atoms with Crippen molar-refractivity contribution < 1.29 is 14.4 Å². The largest absolute Gasteiger partial charge is 0.355 e. The van der Waals surface area contributed by atoms with Crippen molar-refractivity contribution in [1.82, 2.24) is 15.5 Å². The first kappa shape index (κ1) is 22.3. The molecule has 0 aromatic heterocycles. The molecule has 2 N–H and O–H groups in total. The number of nitrogens with zero attached hydrogens (tertiary/aromatic N) is 2. The quantitative estimate of drug-likeness (QED) is 0.608. The van der Waals surface area contributed by atoms with Gasteiger partial charge in [0.1, 0.15) is 0 Å². The Hall–Kier alpha value is -2.41. The highest BCUT2D eigenvalue weighted by molar-refractivity contribution is 5.98. The summed E-state index contributed by atoms with van der Waals surface area (Å²) in [6.07, 6.45) is 7.38. The number of nitrogens with one attached hydrogen (secondary N) is 2. The zero-order valence-electron chi connectivity index (χ0n) is 18.0. The molecular formula is C23H34N4O3. The number of carbonyl (C=O) groups is 3. The van der Waals surface area contributed by atoms with E-state index in [2.05, 4.69) is 22.5 Å². The molecule has 2 aliphatic rings. The lowest BCUT2D eigenvalue weighted by molar-refractivity contribution is -0.120. The molecule has 0 saturated carbocycles. The Morgan fingerprint density at radius 3 is 2.53 bits per heavy atom. The van der Waals surface area contributed by atoms with E-state index in [1.165, 1.54) is 25.8 Å². The molecule has 2 fully saturated rings. The van der Waals surface area contributed by atoms with E-state index in [1.54, 1.807) is 29.2 Å². The summed E-state index contributed by atoms with van der Waals surface area (Å²) < 4.78 is 0. The molecule has 2 aliphatic heterocycles. The molecule has 7 heteroatoms. The molecule has 1 unspecified atom stereocenters. The number of hydrogen-bond acceptors (Lipinski definition) is 4. The highest BCUT2D eigenvalue weighted by Gasteiger charge is 2.21. The maximum absolute atomic E-state index is 12.3. The third kappa shape index (κ3) is 6.29. The molecule has 2 heterocycles. The van der Waals surface area contributed by atoms with Crippen LogP contribution in [0.2, 0.25) is 0 Å². The fraction of sp³-hybridized carbons (Fsp3) is 0.609. The van der Waals surface area contributed by atoms with Crippen LogP contribution in [0.15, 0.2) is 24.3 Å². The molecule has 3 rings (SSSR count). The second kappa shape index (κ2) is 11.1. The van der Waals surface area contributed by atoms with Crippen LogP contribution in [0, 0.1) is 0 Å². The van der Waals surface area contributed by atoms with Gasteiger partial charge in [0, 0.05) is 36.8 Å². The van der Waals surface area contributed by atoms with Gasteiger partial charge in [-0.25, -0.2) is 0 Å². The summed E-state index contributed by atoms with van der Waals surface area (Å²) in [5.74, 6) is -0.341. The monoisotopic (exact) mass is 414 g/mol. The SMILES string of the molecule is CC1CCCCN1CCCCNC(=O)CNC(=O)c1ccc(N2CCCC2=O)cc1. The molecular weight excluding hydrogens is 380 g/mol. The van der Waals surface area contributed by atoms with Gasteiger partial charge in [0.15, 0.2) is 0 Å². The van der Waals surface area contributed by atoms with Gasteiger partial charge in [-0.15, -0.1) is 0 Å². The molecule has 2 saturated heterocycles. The molecule has 0 aliphatic carbocycles. The van der Waals surface area contributed by atoms with Crippen LogP contribution < -0.4 is 15.5 Å². The molecule has 3 amide bonds. The van der Waals surface area contributed by atoms with Crippen molar-refractivity contribution in [1.29, 1.82) is 0 Å². The first-order chi connectivity index (χ1) is 14.5. The average molecular weight is 415 g/mol. The number of likely N-dealkylation sites (tertiary alicyclic amines) is 1. The molecule has 30 heavy (non-hydrogen) atoms. The summed E-state index contributed by atoms with van der Waals surface area (Å²) in [4.78, 5) is 40.3. The van der Waals surface area contributed by atoms with Gasteiger partial charge in [0.2, 0.25) is 11.8 Å². The second-order valence-electron chi connectivity index (χ2n) is 8.32. The van der Waals surface area contributed by atoms with Crippen LogP contribution in [0.5, 0.6) is 0 Å². The van der Waals surface area contributed by atoms with Crippen molar-refractivity contribution >= 4 is 23.4 Å². The summed E-state index contributed by atoms with van der Waals surface area (Å²) in [5, 5.41) is 5.53. The van der Waals surface area contributed by atoms with E-state index < -0.39 is 0 Å². The lowest BCUT2D eigenvalue weighted by Crippen LogP contribution is -2.39. The molecule has 1 aromatic rings. The van der Waals surface area contributed by atoms with Crippen molar-refractivity contribution in [3.63, 3.8) is 0 Å². The van der Waals surface area contributed by atoms with E-state index in [0.717, 1.165) is 38.0 Å². The topological polar surface area (TPSA) is 81.8 Å². The van der Waals surface area contributed by atoms with Gasteiger partial charge < -0.3 is 20.4 Å². The highest BCUT2D eigenvalue weighted by atomic mass is 16.2. The highest BCUT2D eigenvalue weighted by Crippen LogP contribution is 2.21. The van der Waals surface area contributed by atoms with Gasteiger partial charge in [-0.2, -0.15) is 0 Å². The van der Waals surface area contributed by atoms with Crippen LogP contribution in [0.3, 0.4) is 0 Å². The van der Waals surface area contributed by atoms with E-state index in [0.29, 0.717) is 24.6 Å². The molecule has 0 radical (unpaired) electrons. The van der Waals surface area contributed by atoms with Crippen molar-refractivity contribution in [2.45, 2.75) is 57.9 Å². The van der Waals surface area contributed by atoms with Gasteiger partial charge in [-0.05, 0) is 76.4 Å². The maximum Gasteiger partial charge on any atom is 0.251 e. The van der Waals surface area contributed by atoms with Crippen LogP contribution in [-0.4, -0.2) is 61.4 Å². The van der Waals surface area contributed by atoms with Crippen LogP contribution in [0.1, 0.15) is 62.2 Å². The first-order valence-electron chi connectivity index (χ1n) is 11.2. The van der Waals surface area contributed by atoms with Crippen molar-refractivity contribution in [3.05, 3.63) is 29.8 Å². The number of hydrogen-bond donors (Lipinski definition) is 2. The zero-order chi connectivity index (χ0) is 21.3. The number of rotatable bonds is 9. The Balaban J connectivity index is 1.30. The van der Waals surface area contributed by atoms with Crippen molar-refractivity contribution in [2.75, 3.05) is 37.6 Å². The van der Waals surface area contributed by atoms with Crippen LogP contribution in [-0.2, 0) is 9.59 Å². The Labute approximate surface area is 179 Å². The predicted octanol–water partition coefficient (Wildman–Crippen LogP) is 2.31. The van der Waals surface area contributed by atoms with E-state index >= 15 is 0 Å². The normalized spacial score (nSPS) is 19.7. The van der Waals surface area contributed by atoms with Crippen LogP contribution >= 0.6 is 0 Å². The van der Waals surface area contributed by atoms with E-state index in [9.17, 15) is 14.4 Å². The van der Waals surface area contributed by atoms with Gasteiger partial charge in [0.25, 0.3) is 5.91 Å². The Morgan fingerprint density at radius 1 is 1.03 bits per heavy atom. The molecule has 7 nitrogen and oxygen atoms in total. The minimum atomic E-state index is -0.288. The minimum absolute atomic E-state index is 0.0334. The summed E-state index contributed by atoms with van der Waals surface area (Å²) in [5.41, 5.74) is 1.29. The summed E-state index contributed by atoms with van der Waals surface area (Å²) in [6, 6.07) is 7.61. The second-order valence-corrected chi connectivity index (χ2v) is 8.32. The summed E-state index contributed by atoms with van der Waals surface area (Å²) in [7, 11) is 0. The zero-order valence-corrected chi connectivity index (χ0v) is 18.0. The third-order valence-electron chi connectivity index (χ3n) is 6.06. The number of anilines is 1. The third-order valence-corrected chi connectivity index (χ3v) is 6.06. The number of piperidine rings is 1. The van der Waals surface area contributed by atoms with E-state index in [4.69, 9.17) is 0 Å².